The Morgan fingerprint density at radius 3 is 2.32 bits per heavy atom. The van der Waals surface area contributed by atoms with Gasteiger partial charge in [0, 0.05) is 12.7 Å². The van der Waals surface area contributed by atoms with Crippen LogP contribution in [0, 0.1) is 0 Å². The molecule has 0 saturated carbocycles. The fraction of sp³-hybridized carbons (Fsp3) is 0.133. The number of aromatic carboxylic acids is 1. The summed E-state index contributed by atoms with van der Waals surface area (Å²) < 4.78 is 10.9. The number of benzene rings is 2. The number of para-hydroxylation sites is 1. The number of methoxy groups -OCH3 is 1. The number of hydrogen-bond donors (Lipinski definition) is 1. The van der Waals surface area contributed by atoms with Gasteiger partial charge < -0.3 is 14.6 Å². The monoisotopic (exact) mass is 258 g/mol. The third-order valence-corrected chi connectivity index (χ3v) is 2.64. The minimum absolute atomic E-state index is 0.112. The second-order valence-electron chi connectivity index (χ2n) is 3.90. The van der Waals surface area contributed by atoms with Crippen molar-refractivity contribution < 1.29 is 19.4 Å². The van der Waals surface area contributed by atoms with Crippen LogP contribution in [0.3, 0.4) is 0 Å². The van der Waals surface area contributed by atoms with E-state index in [2.05, 4.69) is 0 Å². The lowest BCUT2D eigenvalue weighted by Gasteiger charge is -2.18. The number of ether oxygens (including phenoxy) is 2. The van der Waals surface area contributed by atoms with Crippen molar-refractivity contribution in [1.82, 2.24) is 0 Å². The van der Waals surface area contributed by atoms with Gasteiger partial charge in [-0.15, -0.1) is 0 Å². The topological polar surface area (TPSA) is 55.8 Å². The highest BCUT2D eigenvalue weighted by Gasteiger charge is 2.16. The summed E-state index contributed by atoms with van der Waals surface area (Å²) in [5, 5.41) is 9.10. The van der Waals surface area contributed by atoms with Gasteiger partial charge in [0.2, 0.25) is 6.29 Å². The third-order valence-electron chi connectivity index (χ3n) is 2.64. The van der Waals surface area contributed by atoms with Gasteiger partial charge in [0.25, 0.3) is 0 Å². The molecule has 2 aromatic carbocycles. The average Bonchev–Trinajstić information content (AvgIpc) is 2.46. The standard InChI is InChI=1S/C15H14O4/c1-18-15(11-7-3-2-4-8-11)19-13-10-6-5-9-12(13)14(16)17/h2-10,15H,1H3,(H,16,17). The Labute approximate surface area is 111 Å². The molecule has 1 unspecified atom stereocenters. The highest BCUT2D eigenvalue weighted by Crippen LogP contribution is 2.25. The van der Waals surface area contributed by atoms with E-state index in [4.69, 9.17) is 14.6 Å². The van der Waals surface area contributed by atoms with Crippen LogP contribution in [0.5, 0.6) is 5.75 Å². The zero-order valence-electron chi connectivity index (χ0n) is 10.4. The maximum absolute atomic E-state index is 11.1. The number of rotatable bonds is 5. The van der Waals surface area contributed by atoms with Gasteiger partial charge in [-0.3, -0.25) is 0 Å². The Balaban J connectivity index is 2.27. The minimum Gasteiger partial charge on any atom is -0.478 e. The molecule has 0 aliphatic rings. The van der Waals surface area contributed by atoms with Crippen molar-refractivity contribution >= 4 is 5.97 Å². The van der Waals surface area contributed by atoms with Crippen LogP contribution < -0.4 is 4.74 Å². The van der Waals surface area contributed by atoms with Gasteiger partial charge in [-0.05, 0) is 12.1 Å². The molecule has 2 aromatic rings. The molecule has 1 atom stereocenters. The van der Waals surface area contributed by atoms with E-state index in [-0.39, 0.29) is 11.3 Å². The lowest BCUT2D eigenvalue weighted by atomic mass is 10.2. The number of carboxylic acid groups (broad SMARTS) is 1. The van der Waals surface area contributed by atoms with Crippen LogP contribution in [-0.2, 0) is 4.74 Å². The Morgan fingerprint density at radius 1 is 1.05 bits per heavy atom. The highest BCUT2D eigenvalue weighted by atomic mass is 16.7. The molecule has 4 nitrogen and oxygen atoms in total. The molecular weight excluding hydrogens is 244 g/mol. The predicted octanol–water partition coefficient (Wildman–Crippen LogP) is 3.11. The van der Waals surface area contributed by atoms with Crippen LogP contribution in [-0.4, -0.2) is 18.2 Å². The molecule has 4 heteroatoms. The van der Waals surface area contributed by atoms with Gasteiger partial charge in [0.1, 0.15) is 11.3 Å². The van der Waals surface area contributed by atoms with Gasteiger partial charge in [0.05, 0.1) is 0 Å². The molecule has 0 aromatic heterocycles. The molecule has 0 aliphatic carbocycles. The lowest BCUT2D eigenvalue weighted by Crippen LogP contribution is -2.12. The molecule has 0 spiro atoms. The third kappa shape index (κ3) is 3.11. The van der Waals surface area contributed by atoms with E-state index in [1.54, 1.807) is 18.2 Å². The Morgan fingerprint density at radius 2 is 1.68 bits per heavy atom. The summed E-state index contributed by atoms with van der Waals surface area (Å²) >= 11 is 0. The van der Waals surface area contributed by atoms with Gasteiger partial charge in [-0.1, -0.05) is 42.5 Å². The number of carbonyl (C=O) groups is 1. The van der Waals surface area contributed by atoms with Gasteiger partial charge >= 0.3 is 5.97 Å². The molecule has 0 radical (unpaired) electrons. The quantitative estimate of drug-likeness (QED) is 0.837. The SMILES string of the molecule is COC(Oc1ccccc1C(=O)O)c1ccccc1. The Bertz CT molecular complexity index is 551. The molecule has 0 fully saturated rings. The number of hydrogen-bond acceptors (Lipinski definition) is 3. The maximum atomic E-state index is 11.1. The molecule has 19 heavy (non-hydrogen) atoms. The Hall–Kier alpha value is -2.33. The second-order valence-corrected chi connectivity index (χ2v) is 3.90. The van der Waals surface area contributed by atoms with E-state index in [1.165, 1.54) is 13.2 Å². The van der Waals surface area contributed by atoms with Crippen molar-refractivity contribution in [3.8, 4) is 5.75 Å². The molecule has 1 N–H and O–H groups in total. The van der Waals surface area contributed by atoms with Crippen LogP contribution in [0.15, 0.2) is 54.6 Å². The summed E-state index contributed by atoms with van der Waals surface area (Å²) in [6.07, 6.45) is -0.637. The van der Waals surface area contributed by atoms with Crippen molar-refractivity contribution in [2.75, 3.05) is 7.11 Å². The minimum atomic E-state index is -1.03. The summed E-state index contributed by atoms with van der Waals surface area (Å²) in [6.45, 7) is 0. The summed E-state index contributed by atoms with van der Waals surface area (Å²) in [7, 11) is 1.51. The first-order chi connectivity index (χ1) is 9.22. The summed E-state index contributed by atoms with van der Waals surface area (Å²) in [5.41, 5.74) is 0.936. The van der Waals surface area contributed by atoms with Crippen molar-refractivity contribution in [3.05, 3.63) is 65.7 Å². The van der Waals surface area contributed by atoms with Crippen molar-refractivity contribution in [1.29, 1.82) is 0 Å². The highest BCUT2D eigenvalue weighted by molar-refractivity contribution is 5.90. The first-order valence-electron chi connectivity index (χ1n) is 5.79. The van der Waals surface area contributed by atoms with Crippen LogP contribution >= 0.6 is 0 Å². The van der Waals surface area contributed by atoms with Crippen molar-refractivity contribution in [3.63, 3.8) is 0 Å². The molecule has 0 heterocycles. The molecule has 2 rings (SSSR count). The lowest BCUT2D eigenvalue weighted by molar-refractivity contribution is -0.0566. The fourth-order valence-electron chi connectivity index (χ4n) is 1.72. The van der Waals surface area contributed by atoms with E-state index >= 15 is 0 Å². The molecule has 0 aliphatic heterocycles. The predicted molar refractivity (Wildman–Crippen MR) is 70.2 cm³/mol. The summed E-state index contributed by atoms with van der Waals surface area (Å²) in [4.78, 5) is 11.1. The largest absolute Gasteiger partial charge is 0.478 e. The first-order valence-corrected chi connectivity index (χ1v) is 5.79. The van der Waals surface area contributed by atoms with Crippen LogP contribution in [0.4, 0.5) is 0 Å². The molecular formula is C15H14O4. The van der Waals surface area contributed by atoms with Gasteiger partial charge in [0.15, 0.2) is 0 Å². The van der Waals surface area contributed by atoms with Gasteiger partial charge in [-0.25, -0.2) is 4.79 Å². The first kappa shape index (κ1) is 13.1. The molecule has 0 saturated heterocycles. The zero-order valence-corrected chi connectivity index (χ0v) is 10.4. The summed E-state index contributed by atoms with van der Waals surface area (Å²) in [5.74, 6) is -0.746. The number of carboxylic acids is 1. The molecule has 0 bridgehead atoms. The normalized spacial score (nSPS) is 11.8. The second kappa shape index (κ2) is 6.02. The van der Waals surface area contributed by atoms with Crippen molar-refractivity contribution in [2.45, 2.75) is 6.29 Å². The van der Waals surface area contributed by atoms with Crippen LogP contribution in [0.2, 0.25) is 0 Å². The smallest absolute Gasteiger partial charge is 0.339 e. The Kier molecular flexibility index (Phi) is 4.15. The van der Waals surface area contributed by atoms with Crippen LogP contribution in [0.1, 0.15) is 22.2 Å². The zero-order chi connectivity index (χ0) is 13.7. The van der Waals surface area contributed by atoms with Gasteiger partial charge in [-0.2, -0.15) is 0 Å². The molecule has 0 amide bonds. The van der Waals surface area contributed by atoms with E-state index in [1.807, 2.05) is 30.3 Å². The van der Waals surface area contributed by atoms with Crippen molar-refractivity contribution in [2.24, 2.45) is 0 Å². The maximum Gasteiger partial charge on any atom is 0.339 e. The van der Waals surface area contributed by atoms with E-state index in [9.17, 15) is 4.79 Å². The molecule has 98 valence electrons. The van der Waals surface area contributed by atoms with E-state index in [0.29, 0.717) is 0 Å². The van der Waals surface area contributed by atoms with E-state index < -0.39 is 12.3 Å². The summed E-state index contributed by atoms with van der Waals surface area (Å²) in [6, 6.07) is 15.8. The van der Waals surface area contributed by atoms with E-state index in [0.717, 1.165) is 5.56 Å². The fourth-order valence-corrected chi connectivity index (χ4v) is 1.72. The van der Waals surface area contributed by atoms with Crippen LogP contribution in [0.25, 0.3) is 0 Å². The average molecular weight is 258 g/mol.